The Kier molecular flexibility index (Phi) is 3.29. The van der Waals surface area contributed by atoms with E-state index < -0.39 is 11.6 Å². The van der Waals surface area contributed by atoms with Gasteiger partial charge in [-0.25, -0.2) is 9.37 Å². The van der Waals surface area contributed by atoms with Gasteiger partial charge in [0, 0.05) is 11.8 Å². The topological polar surface area (TPSA) is 62.2 Å². The average Bonchev–Trinajstić information content (AvgIpc) is 2.63. The summed E-state index contributed by atoms with van der Waals surface area (Å²) in [6.45, 7) is 3.56. The number of rotatable bonds is 2. The van der Waals surface area contributed by atoms with Crippen molar-refractivity contribution in [2.45, 2.75) is 13.8 Å². The highest BCUT2D eigenvalue weighted by molar-refractivity contribution is 7.13. The van der Waals surface area contributed by atoms with Gasteiger partial charge in [-0.15, -0.1) is 11.3 Å². The number of nitrogens with zero attached hydrogens (tertiary/aromatic N) is 1. The van der Waals surface area contributed by atoms with Crippen LogP contribution in [0, 0.1) is 19.7 Å². The summed E-state index contributed by atoms with van der Waals surface area (Å²) in [5.74, 6) is -1.55. The van der Waals surface area contributed by atoms with Crippen molar-refractivity contribution in [1.29, 1.82) is 0 Å². The molecule has 2 N–H and O–H groups in total. The molecule has 1 amide bonds. The molecule has 18 heavy (non-hydrogen) atoms. The summed E-state index contributed by atoms with van der Waals surface area (Å²) in [5, 5.41) is 12.4. The molecule has 6 heteroatoms. The number of phenols is 1. The second-order valence-electron chi connectivity index (χ2n) is 3.77. The molecule has 94 valence electrons. The minimum Gasteiger partial charge on any atom is -0.505 e. The summed E-state index contributed by atoms with van der Waals surface area (Å²) in [7, 11) is 0. The Balaban J connectivity index is 2.21. The Hall–Kier alpha value is -1.95. The molecular formula is C12H11FN2O2S. The number of amides is 1. The van der Waals surface area contributed by atoms with Crippen LogP contribution in [0.3, 0.4) is 0 Å². The molecule has 4 nitrogen and oxygen atoms in total. The van der Waals surface area contributed by atoms with Crippen LogP contribution in [0.4, 0.5) is 10.1 Å². The predicted molar refractivity (Wildman–Crippen MR) is 67.6 cm³/mol. The molecular weight excluding hydrogens is 255 g/mol. The lowest BCUT2D eigenvalue weighted by Gasteiger charge is -2.04. The zero-order chi connectivity index (χ0) is 13.3. The van der Waals surface area contributed by atoms with Crippen LogP contribution in [0.5, 0.6) is 5.75 Å². The first-order valence-electron chi connectivity index (χ1n) is 5.21. The Morgan fingerprint density at radius 2 is 2.17 bits per heavy atom. The van der Waals surface area contributed by atoms with Crippen LogP contribution >= 0.6 is 11.3 Å². The van der Waals surface area contributed by atoms with Crippen molar-refractivity contribution in [2.75, 3.05) is 5.32 Å². The van der Waals surface area contributed by atoms with Crippen molar-refractivity contribution in [2.24, 2.45) is 0 Å². The molecule has 0 radical (unpaired) electrons. The summed E-state index contributed by atoms with van der Waals surface area (Å²) < 4.78 is 13.1. The molecule has 2 aromatic rings. The molecule has 0 aliphatic rings. The number of benzene rings is 1. The predicted octanol–water partition coefficient (Wildman–Crippen LogP) is 2.86. The Morgan fingerprint density at radius 3 is 2.72 bits per heavy atom. The first-order valence-corrected chi connectivity index (χ1v) is 6.03. The van der Waals surface area contributed by atoms with Gasteiger partial charge in [0.15, 0.2) is 11.6 Å². The average molecular weight is 266 g/mol. The van der Waals surface area contributed by atoms with Gasteiger partial charge in [-0.05, 0) is 26.0 Å². The van der Waals surface area contributed by atoms with Gasteiger partial charge in [-0.3, -0.25) is 4.79 Å². The number of hydrogen-bond acceptors (Lipinski definition) is 4. The highest BCUT2D eigenvalue weighted by Crippen LogP contribution is 2.22. The minimum atomic E-state index is -0.773. The lowest BCUT2D eigenvalue weighted by Crippen LogP contribution is -2.11. The molecule has 0 aliphatic carbocycles. The smallest absolute Gasteiger partial charge is 0.267 e. The van der Waals surface area contributed by atoms with E-state index in [0.717, 1.165) is 11.1 Å². The third-order valence-electron chi connectivity index (χ3n) is 2.32. The maximum Gasteiger partial charge on any atom is 0.267 e. The van der Waals surface area contributed by atoms with Gasteiger partial charge in [0.05, 0.1) is 10.7 Å². The molecule has 0 unspecified atom stereocenters. The number of aromatic hydroxyl groups is 1. The van der Waals surface area contributed by atoms with E-state index in [1.165, 1.54) is 23.5 Å². The molecule has 0 bridgehead atoms. The van der Waals surface area contributed by atoms with E-state index in [-0.39, 0.29) is 5.91 Å². The molecule has 0 saturated heterocycles. The molecule has 1 aromatic carbocycles. The maximum atomic E-state index is 13.1. The number of aromatic nitrogens is 1. The number of thiazole rings is 1. The minimum absolute atomic E-state index is 0.292. The second kappa shape index (κ2) is 4.73. The molecule has 0 aliphatic heterocycles. The highest BCUT2D eigenvalue weighted by Gasteiger charge is 2.14. The number of carbonyl (C=O) groups is 1. The molecule has 1 heterocycles. The summed E-state index contributed by atoms with van der Waals surface area (Å²) in [6, 6.07) is 3.69. The first-order chi connectivity index (χ1) is 8.47. The van der Waals surface area contributed by atoms with Crippen LogP contribution in [0.15, 0.2) is 18.2 Å². The number of aryl methyl sites for hydroxylation is 2. The van der Waals surface area contributed by atoms with E-state index in [9.17, 15) is 9.18 Å². The van der Waals surface area contributed by atoms with Gasteiger partial charge >= 0.3 is 0 Å². The summed E-state index contributed by atoms with van der Waals surface area (Å²) in [6.07, 6.45) is 0. The van der Waals surface area contributed by atoms with Crippen molar-refractivity contribution in [3.63, 3.8) is 0 Å². The van der Waals surface area contributed by atoms with Crippen molar-refractivity contribution in [1.82, 2.24) is 4.98 Å². The lowest BCUT2D eigenvalue weighted by molar-refractivity contribution is 0.103. The first kappa shape index (κ1) is 12.5. The van der Waals surface area contributed by atoms with Crippen LogP contribution < -0.4 is 5.32 Å². The maximum absolute atomic E-state index is 13.1. The Bertz CT molecular complexity index is 610. The van der Waals surface area contributed by atoms with E-state index in [4.69, 9.17) is 5.11 Å². The van der Waals surface area contributed by atoms with Crippen LogP contribution in [-0.2, 0) is 0 Å². The molecule has 2 rings (SSSR count). The fourth-order valence-electron chi connectivity index (χ4n) is 1.51. The second-order valence-corrected chi connectivity index (χ2v) is 4.97. The number of hydrogen-bond donors (Lipinski definition) is 2. The van der Waals surface area contributed by atoms with E-state index in [1.54, 1.807) is 6.92 Å². The number of carbonyl (C=O) groups excluding carboxylic acids is 1. The monoisotopic (exact) mass is 266 g/mol. The zero-order valence-corrected chi connectivity index (χ0v) is 10.6. The highest BCUT2D eigenvalue weighted by atomic mass is 32.1. The third-order valence-corrected chi connectivity index (χ3v) is 3.39. The quantitative estimate of drug-likeness (QED) is 0.822. The van der Waals surface area contributed by atoms with Crippen molar-refractivity contribution in [3.8, 4) is 5.75 Å². The van der Waals surface area contributed by atoms with Gasteiger partial charge in [0.25, 0.3) is 5.91 Å². The van der Waals surface area contributed by atoms with Crippen LogP contribution in [0.2, 0.25) is 0 Å². The van der Waals surface area contributed by atoms with Crippen LogP contribution in [-0.4, -0.2) is 16.0 Å². The fourth-order valence-corrected chi connectivity index (χ4v) is 2.33. The van der Waals surface area contributed by atoms with Gasteiger partial charge in [0.2, 0.25) is 0 Å². The van der Waals surface area contributed by atoms with E-state index in [0.29, 0.717) is 16.3 Å². The summed E-state index contributed by atoms with van der Waals surface area (Å²) in [4.78, 5) is 16.6. The standard InChI is InChI=1S/C12H11FN2O2S/c1-6-11(18-7(2)14-6)12(17)15-8-3-4-10(16)9(13)5-8/h3-5,16H,1-2H3,(H,15,17). The van der Waals surface area contributed by atoms with Gasteiger partial charge in [-0.2, -0.15) is 0 Å². The summed E-state index contributed by atoms with van der Waals surface area (Å²) in [5.41, 5.74) is 0.940. The molecule has 0 saturated carbocycles. The van der Waals surface area contributed by atoms with E-state index in [2.05, 4.69) is 10.3 Å². The Labute approximate surface area is 107 Å². The number of phenolic OH excluding ortho intramolecular Hbond substituents is 1. The van der Waals surface area contributed by atoms with Crippen molar-refractivity contribution in [3.05, 3.63) is 39.6 Å². The largest absolute Gasteiger partial charge is 0.505 e. The number of halogens is 1. The molecule has 0 fully saturated rings. The van der Waals surface area contributed by atoms with E-state index >= 15 is 0 Å². The fraction of sp³-hybridized carbons (Fsp3) is 0.167. The van der Waals surface area contributed by atoms with Crippen molar-refractivity contribution >= 4 is 22.9 Å². The van der Waals surface area contributed by atoms with Crippen LogP contribution in [0.1, 0.15) is 20.4 Å². The molecule has 1 aromatic heterocycles. The van der Waals surface area contributed by atoms with Gasteiger partial charge in [0.1, 0.15) is 4.88 Å². The van der Waals surface area contributed by atoms with Gasteiger partial charge < -0.3 is 10.4 Å². The number of anilines is 1. The lowest BCUT2D eigenvalue weighted by atomic mass is 10.2. The SMILES string of the molecule is Cc1nc(C)c(C(=O)Nc2ccc(O)c(F)c2)s1. The third kappa shape index (κ3) is 2.48. The van der Waals surface area contributed by atoms with E-state index in [1.807, 2.05) is 6.92 Å². The Morgan fingerprint density at radius 1 is 1.44 bits per heavy atom. The molecule has 0 spiro atoms. The zero-order valence-electron chi connectivity index (χ0n) is 9.82. The number of nitrogens with one attached hydrogen (secondary N) is 1. The van der Waals surface area contributed by atoms with Crippen LogP contribution in [0.25, 0.3) is 0 Å². The summed E-state index contributed by atoms with van der Waals surface area (Å²) >= 11 is 1.28. The van der Waals surface area contributed by atoms with Gasteiger partial charge in [-0.1, -0.05) is 0 Å². The normalized spacial score (nSPS) is 10.4. The molecule has 0 atom stereocenters. The van der Waals surface area contributed by atoms with Crippen molar-refractivity contribution < 1.29 is 14.3 Å².